The molecule has 0 aliphatic carbocycles. The molecule has 0 spiro atoms. The van der Waals surface area contributed by atoms with Crippen molar-refractivity contribution in [2.45, 2.75) is 31.1 Å². The zero-order valence-electron chi connectivity index (χ0n) is 12.2. The average Bonchev–Trinajstić information content (AvgIpc) is 2.45. The van der Waals surface area contributed by atoms with Gasteiger partial charge in [-0.2, -0.15) is 0 Å². The zero-order valence-corrected chi connectivity index (χ0v) is 13.0. The summed E-state index contributed by atoms with van der Waals surface area (Å²) in [7, 11) is 0. The van der Waals surface area contributed by atoms with Gasteiger partial charge in [0, 0.05) is 30.7 Å². The fourth-order valence-corrected chi connectivity index (χ4v) is 2.29. The Hall–Kier alpha value is -1.14. The van der Waals surface area contributed by atoms with Crippen molar-refractivity contribution in [1.29, 1.82) is 0 Å². The maximum Gasteiger partial charge on any atom is 0.230 e. The average molecular weight is 317 g/mol. The maximum atomic E-state index is 13.3. The molecule has 118 valence electrons. The van der Waals surface area contributed by atoms with E-state index in [0.29, 0.717) is 13.2 Å². The predicted octanol–water partition coefficient (Wildman–Crippen LogP) is 3.38. The predicted molar refractivity (Wildman–Crippen MR) is 80.4 cm³/mol. The van der Waals surface area contributed by atoms with Crippen LogP contribution in [0.15, 0.2) is 23.1 Å². The summed E-state index contributed by atoms with van der Waals surface area (Å²) in [5.41, 5.74) is 0. The number of carbonyl (C=O) groups excluding carboxylic acids is 1. The molecule has 0 aliphatic rings. The molecule has 0 aliphatic heterocycles. The molecule has 0 fully saturated rings. The van der Waals surface area contributed by atoms with Crippen LogP contribution < -0.4 is 5.32 Å². The Morgan fingerprint density at radius 2 is 2.05 bits per heavy atom. The first kappa shape index (κ1) is 17.9. The van der Waals surface area contributed by atoms with E-state index in [1.807, 2.05) is 0 Å². The van der Waals surface area contributed by atoms with E-state index >= 15 is 0 Å². The van der Waals surface area contributed by atoms with Crippen LogP contribution in [0.25, 0.3) is 0 Å². The molecule has 0 heterocycles. The van der Waals surface area contributed by atoms with E-state index in [-0.39, 0.29) is 16.6 Å². The van der Waals surface area contributed by atoms with Crippen LogP contribution in [0.4, 0.5) is 8.78 Å². The Kier molecular flexibility index (Phi) is 9.01. The molecule has 0 bridgehead atoms. The first-order chi connectivity index (χ1) is 10.1. The molecular formula is C15H21F2NO2S. The summed E-state index contributed by atoms with van der Waals surface area (Å²) in [4.78, 5) is 11.8. The van der Waals surface area contributed by atoms with Crippen LogP contribution in [0.3, 0.4) is 0 Å². The number of nitrogens with one attached hydrogen (secondary N) is 1. The summed E-state index contributed by atoms with van der Waals surface area (Å²) in [6.45, 7) is 4.02. The summed E-state index contributed by atoms with van der Waals surface area (Å²) in [6, 6.07) is 3.33. The topological polar surface area (TPSA) is 38.3 Å². The lowest BCUT2D eigenvalue weighted by Crippen LogP contribution is -2.26. The fourth-order valence-electron chi connectivity index (χ4n) is 1.54. The standard InChI is InChI=1S/C15H21F2NO2S/c1-2-3-8-20-9-4-7-18-15(19)11-21-14-6-5-12(16)10-13(14)17/h5-6,10H,2-4,7-9,11H2,1H3,(H,18,19). The molecule has 1 aromatic carbocycles. The number of unbranched alkanes of at least 4 members (excludes halogenated alkanes) is 1. The Labute approximate surface area is 128 Å². The molecule has 1 aromatic rings. The second-order valence-electron chi connectivity index (χ2n) is 4.53. The van der Waals surface area contributed by atoms with Gasteiger partial charge in [-0.1, -0.05) is 13.3 Å². The number of hydrogen-bond acceptors (Lipinski definition) is 3. The summed E-state index contributed by atoms with van der Waals surface area (Å²) in [6.07, 6.45) is 2.91. The number of rotatable bonds is 10. The minimum absolute atomic E-state index is 0.110. The van der Waals surface area contributed by atoms with E-state index in [1.54, 1.807) is 0 Å². The number of carbonyl (C=O) groups is 1. The molecule has 1 N–H and O–H groups in total. The second-order valence-corrected chi connectivity index (χ2v) is 5.55. The molecule has 0 atom stereocenters. The SMILES string of the molecule is CCCCOCCCNC(=O)CSc1ccc(F)cc1F. The van der Waals surface area contributed by atoms with Gasteiger partial charge in [-0.3, -0.25) is 4.79 Å². The van der Waals surface area contributed by atoms with Crippen LogP contribution in [-0.2, 0) is 9.53 Å². The molecule has 0 aromatic heterocycles. The normalized spacial score (nSPS) is 10.6. The van der Waals surface area contributed by atoms with Gasteiger partial charge < -0.3 is 10.1 Å². The van der Waals surface area contributed by atoms with E-state index in [2.05, 4.69) is 12.2 Å². The van der Waals surface area contributed by atoms with Gasteiger partial charge in [0.1, 0.15) is 11.6 Å². The van der Waals surface area contributed by atoms with Crippen LogP contribution in [0.5, 0.6) is 0 Å². The molecule has 6 heteroatoms. The lowest BCUT2D eigenvalue weighted by Gasteiger charge is -2.06. The van der Waals surface area contributed by atoms with Crippen molar-refractivity contribution in [2.75, 3.05) is 25.5 Å². The summed E-state index contributed by atoms with van der Waals surface area (Å²) >= 11 is 1.05. The van der Waals surface area contributed by atoms with Gasteiger partial charge >= 0.3 is 0 Å². The van der Waals surface area contributed by atoms with Crippen molar-refractivity contribution in [3.05, 3.63) is 29.8 Å². The molecule has 0 unspecified atom stereocenters. The van der Waals surface area contributed by atoms with Gasteiger partial charge in [-0.25, -0.2) is 8.78 Å². The molecule has 0 radical (unpaired) electrons. The second kappa shape index (κ2) is 10.6. The Bertz CT molecular complexity index is 444. The third-order valence-electron chi connectivity index (χ3n) is 2.68. The molecule has 3 nitrogen and oxygen atoms in total. The lowest BCUT2D eigenvalue weighted by atomic mass is 10.3. The highest BCUT2D eigenvalue weighted by Gasteiger charge is 2.07. The van der Waals surface area contributed by atoms with Crippen molar-refractivity contribution in [3.8, 4) is 0 Å². The molecular weight excluding hydrogens is 296 g/mol. The third kappa shape index (κ3) is 8.02. The number of benzene rings is 1. The van der Waals surface area contributed by atoms with E-state index in [9.17, 15) is 13.6 Å². The first-order valence-corrected chi connectivity index (χ1v) is 8.04. The number of ether oxygens (including phenoxy) is 1. The molecule has 1 amide bonds. The van der Waals surface area contributed by atoms with Crippen molar-refractivity contribution < 1.29 is 18.3 Å². The number of halogens is 2. The van der Waals surface area contributed by atoms with Gasteiger partial charge in [-0.15, -0.1) is 11.8 Å². The summed E-state index contributed by atoms with van der Waals surface area (Å²) in [5, 5.41) is 2.74. The van der Waals surface area contributed by atoms with Crippen LogP contribution in [-0.4, -0.2) is 31.4 Å². The van der Waals surface area contributed by atoms with Crippen LogP contribution in [0, 0.1) is 11.6 Å². The quantitative estimate of drug-likeness (QED) is 0.531. The van der Waals surface area contributed by atoms with Crippen molar-refractivity contribution in [2.24, 2.45) is 0 Å². The Morgan fingerprint density at radius 3 is 2.76 bits per heavy atom. The van der Waals surface area contributed by atoms with Gasteiger partial charge in [-0.05, 0) is 25.0 Å². The highest BCUT2D eigenvalue weighted by Crippen LogP contribution is 2.21. The highest BCUT2D eigenvalue weighted by atomic mass is 32.2. The van der Waals surface area contributed by atoms with Crippen molar-refractivity contribution in [1.82, 2.24) is 5.32 Å². The first-order valence-electron chi connectivity index (χ1n) is 7.05. The van der Waals surface area contributed by atoms with Crippen molar-refractivity contribution >= 4 is 17.7 Å². The van der Waals surface area contributed by atoms with Crippen LogP contribution in [0.1, 0.15) is 26.2 Å². The van der Waals surface area contributed by atoms with E-state index in [4.69, 9.17) is 4.74 Å². The minimum Gasteiger partial charge on any atom is -0.381 e. The minimum atomic E-state index is -0.642. The van der Waals surface area contributed by atoms with Gasteiger partial charge in [0.15, 0.2) is 0 Å². The number of hydrogen-bond donors (Lipinski definition) is 1. The largest absolute Gasteiger partial charge is 0.381 e. The maximum absolute atomic E-state index is 13.3. The van der Waals surface area contributed by atoms with Gasteiger partial charge in [0.2, 0.25) is 5.91 Å². The van der Waals surface area contributed by atoms with Gasteiger partial charge in [0.25, 0.3) is 0 Å². The monoisotopic (exact) mass is 317 g/mol. The third-order valence-corrected chi connectivity index (χ3v) is 3.73. The van der Waals surface area contributed by atoms with Crippen LogP contribution in [0.2, 0.25) is 0 Å². The van der Waals surface area contributed by atoms with Gasteiger partial charge in [0.05, 0.1) is 5.75 Å². The van der Waals surface area contributed by atoms with Crippen LogP contribution >= 0.6 is 11.8 Å². The Balaban J connectivity index is 2.11. The number of amides is 1. The Morgan fingerprint density at radius 1 is 1.29 bits per heavy atom. The fraction of sp³-hybridized carbons (Fsp3) is 0.533. The molecule has 0 saturated carbocycles. The smallest absolute Gasteiger partial charge is 0.230 e. The number of thioether (sulfide) groups is 1. The van der Waals surface area contributed by atoms with E-state index in [1.165, 1.54) is 12.1 Å². The van der Waals surface area contributed by atoms with E-state index < -0.39 is 11.6 Å². The highest BCUT2D eigenvalue weighted by molar-refractivity contribution is 8.00. The zero-order chi connectivity index (χ0) is 15.5. The summed E-state index contributed by atoms with van der Waals surface area (Å²) < 4.78 is 31.4. The van der Waals surface area contributed by atoms with E-state index in [0.717, 1.165) is 43.7 Å². The molecule has 0 saturated heterocycles. The van der Waals surface area contributed by atoms with Crippen molar-refractivity contribution in [3.63, 3.8) is 0 Å². The lowest BCUT2D eigenvalue weighted by molar-refractivity contribution is -0.118. The molecule has 21 heavy (non-hydrogen) atoms. The summed E-state index contributed by atoms with van der Waals surface area (Å²) in [5.74, 6) is -1.32. The molecule has 1 rings (SSSR count).